The van der Waals surface area contributed by atoms with Gasteiger partial charge in [-0.15, -0.1) is 11.8 Å². The Labute approximate surface area is 162 Å². The number of amides is 4. The molecule has 0 saturated heterocycles. The molecule has 27 heavy (non-hydrogen) atoms. The van der Waals surface area contributed by atoms with E-state index in [2.05, 4.69) is 10.6 Å². The first-order valence-electron chi connectivity index (χ1n) is 8.32. The highest BCUT2D eigenvalue weighted by Crippen LogP contribution is 2.24. The molecule has 0 aliphatic carbocycles. The third-order valence-corrected chi connectivity index (χ3v) is 4.75. The molecule has 5 N–H and O–H groups in total. The fourth-order valence-electron chi connectivity index (χ4n) is 2.80. The molecule has 2 atom stereocenters. The minimum atomic E-state index is -0.924. The fourth-order valence-corrected chi connectivity index (χ4v) is 3.35. The Morgan fingerprint density at radius 3 is 2.33 bits per heavy atom. The number of thioether (sulfide) groups is 1. The summed E-state index contributed by atoms with van der Waals surface area (Å²) >= 11 is 1.53. The van der Waals surface area contributed by atoms with Crippen LogP contribution in [-0.4, -0.2) is 37.7 Å². The molecule has 0 radical (unpaired) electrons. The predicted octanol–water partition coefficient (Wildman–Crippen LogP) is 0.798. The number of likely N-dealkylation sites (N-methyl/N-ethyl adjacent to an activating group) is 1. The number of urea groups is 1. The topological polar surface area (TPSA) is 106 Å². The van der Waals surface area contributed by atoms with E-state index in [0.29, 0.717) is 10.5 Å². The number of primary amides is 1. The number of hydrogen-bond donors (Lipinski definition) is 4. The minimum Gasteiger partial charge on any atom is -0.351 e. The fraction of sp³-hybridized carbons (Fsp3) is 0.211. The van der Waals surface area contributed by atoms with Gasteiger partial charge in [0.2, 0.25) is 0 Å². The van der Waals surface area contributed by atoms with Crippen LogP contribution >= 0.6 is 11.8 Å². The van der Waals surface area contributed by atoms with Crippen LogP contribution in [0, 0.1) is 0 Å². The smallest absolute Gasteiger partial charge is 0.319 e. The van der Waals surface area contributed by atoms with E-state index in [4.69, 9.17) is 5.73 Å². The second-order valence-electron chi connectivity index (χ2n) is 5.97. The van der Waals surface area contributed by atoms with Gasteiger partial charge in [0, 0.05) is 10.5 Å². The highest BCUT2D eigenvalue weighted by Gasteiger charge is 2.31. The lowest BCUT2D eigenvalue weighted by Gasteiger charge is -2.23. The Morgan fingerprint density at radius 2 is 1.70 bits per heavy atom. The van der Waals surface area contributed by atoms with Crippen molar-refractivity contribution in [3.63, 3.8) is 0 Å². The van der Waals surface area contributed by atoms with Crippen LogP contribution in [0.3, 0.4) is 0 Å². The highest BCUT2D eigenvalue weighted by atomic mass is 32.2. The molecule has 0 fully saturated rings. The average Bonchev–Trinajstić information content (AvgIpc) is 2.62. The molecule has 0 heterocycles. The lowest BCUT2D eigenvalue weighted by atomic mass is 10.0. The molecule has 2 rings (SSSR count). The van der Waals surface area contributed by atoms with E-state index in [-0.39, 0.29) is 12.5 Å². The number of nitrogens with one attached hydrogen (secondary N) is 3. The van der Waals surface area contributed by atoms with Crippen LogP contribution in [0.1, 0.15) is 11.6 Å². The number of anilines is 1. The third-order valence-electron chi connectivity index (χ3n) is 3.95. The average molecular weight is 387 g/mol. The summed E-state index contributed by atoms with van der Waals surface area (Å²) in [6, 6.07) is 14.8. The van der Waals surface area contributed by atoms with Crippen molar-refractivity contribution in [1.82, 2.24) is 5.32 Å². The standard InChI is InChI=1S/C19H22N4O3S/c1-23(12-16(24)21-14-10-6-7-11-15(14)27-2)17(18(25)22-19(20)26)13-8-4-3-5-9-13/h3-11,17H,12H2,1-2H3,(H,21,24)(H3,20,22,25,26)/p+1/t17-/m0/s1. The maximum absolute atomic E-state index is 12.5. The molecule has 0 aromatic heterocycles. The number of imide groups is 1. The Morgan fingerprint density at radius 1 is 1.07 bits per heavy atom. The number of quaternary nitrogens is 1. The summed E-state index contributed by atoms with van der Waals surface area (Å²) in [6.07, 6.45) is 1.93. The molecule has 2 aromatic rings. The van der Waals surface area contributed by atoms with Gasteiger partial charge < -0.3 is 16.0 Å². The monoisotopic (exact) mass is 387 g/mol. The number of rotatable bonds is 7. The van der Waals surface area contributed by atoms with E-state index in [0.717, 1.165) is 10.6 Å². The van der Waals surface area contributed by atoms with Gasteiger partial charge in [0.15, 0.2) is 12.6 Å². The summed E-state index contributed by atoms with van der Waals surface area (Å²) in [5, 5.41) is 4.98. The van der Waals surface area contributed by atoms with Crippen molar-refractivity contribution >= 4 is 35.3 Å². The quantitative estimate of drug-likeness (QED) is 0.527. The summed E-state index contributed by atoms with van der Waals surface area (Å²) in [7, 11) is 1.72. The molecule has 0 bridgehead atoms. The third kappa shape index (κ3) is 5.83. The van der Waals surface area contributed by atoms with Crippen molar-refractivity contribution in [2.24, 2.45) is 5.73 Å². The second-order valence-corrected chi connectivity index (χ2v) is 6.82. The number of hydrogen-bond acceptors (Lipinski definition) is 4. The normalized spacial score (nSPS) is 12.7. The molecule has 0 saturated carbocycles. The molecule has 142 valence electrons. The maximum atomic E-state index is 12.5. The van der Waals surface area contributed by atoms with Crippen LogP contribution in [0.15, 0.2) is 59.5 Å². The number of nitrogens with two attached hydrogens (primary N) is 1. The zero-order valence-electron chi connectivity index (χ0n) is 15.2. The van der Waals surface area contributed by atoms with Gasteiger partial charge >= 0.3 is 6.03 Å². The molecule has 7 nitrogen and oxygen atoms in total. The first kappa shape index (κ1) is 20.5. The number of benzene rings is 2. The summed E-state index contributed by atoms with van der Waals surface area (Å²) in [6.45, 7) is 0.0362. The summed E-state index contributed by atoms with van der Waals surface area (Å²) < 4.78 is 0. The molecule has 0 aliphatic rings. The largest absolute Gasteiger partial charge is 0.351 e. The molecule has 1 unspecified atom stereocenters. The van der Waals surface area contributed by atoms with Gasteiger partial charge in [-0.25, -0.2) is 4.79 Å². The van der Waals surface area contributed by atoms with Crippen LogP contribution < -0.4 is 21.3 Å². The van der Waals surface area contributed by atoms with Crippen LogP contribution in [0.4, 0.5) is 10.5 Å². The molecular formula is C19H23N4O3S+. The van der Waals surface area contributed by atoms with Crippen molar-refractivity contribution in [2.45, 2.75) is 10.9 Å². The predicted molar refractivity (Wildman–Crippen MR) is 106 cm³/mol. The van der Waals surface area contributed by atoms with E-state index in [9.17, 15) is 14.4 Å². The van der Waals surface area contributed by atoms with Crippen molar-refractivity contribution in [3.05, 3.63) is 60.2 Å². The Bertz CT molecular complexity index is 814. The Hall–Kier alpha value is -2.84. The van der Waals surface area contributed by atoms with Crippen molar-refractivity contribution in [2.75, 3.05) is 25.2 Å². The van der Waals surface area contributed by atoms with Crippen LogP contribution in [0.2, 0.25) is 0 Å². The van der Waals surface area contributed by atoms with Gasteiger partial charge in [0.1, 0.15) is 0 Å². The maximum Gasteiger partial charge on any atom is 0.319 e. The molecule has 4 amide bonds. The Kier molecular flexibility index (Phi) is 7.39. The lowest BCUT2D eigenvalue weighted by molar-refractivity contribution is -0.894. The molecular weight excluding hydrogens is 364 g/mol. The zero-order valence-corrected chi connectivity index (χ0v) is 16.0. The summed E-state index contributed by atoms with van der Waals surface area (Å²) in [5.74, 6) is -0.787. The molecule has 0 aliphatic heterocycles. The number of para-hydroxylation sites is 1. The number of carbonyl (C=O) groups excluding carboxylic acids is 3. The summed E-state index contributed by atoms with van der Waals surface area (Å²) in [5.41, 5.74) is 6.49. The van der Waals surface area contributed by atoms with E-state index in [1.165, 1.54) is 11.8 Å². The van der Waals surface area contributed by atoms with Gasteiger partial charge in [-0.2, -0.15) is 0 Å². The van der Waals surface area contributed by atoms with Gasteiger partial charge in [0.05, 0.1) is 12.7 Å². The second kappa shape index (κ2) is 9.75. The molecule has 2 aromatic carbocycles. The van der Waals surface area contributed by atoms with Crippen LogP contribution in [0.5, 0.6) is 0 Å². The van der Waals surface area contributed by atoms with E-state index < -0.39 is 18.0 Å². The highest BCUT2D eigenvalue weighted by molar-refractivity contribution is 7.98. The first-order valence-corrected chi connectivity index (χ1v) is 9.55. The van der Waals surface area contributed by atoms with Crippen LogP contribution in [0.25, 0.3) is 0 Å². The molecule has 0 spiro atoms. The SMILES string of the molecule is CSc1ccccc1NC(=O)C[NH+](C)[C@H](C(=O)NC(N)=O)c1ccccc1. The van der Waals surface area contributed by atoms with Crippen LogP contribution in [-0.2, 0) is 9.59 Å². The first-order chi connectivity index (χ1) is 12.9. The van der Waals surface area contributed by atoms with Crippen molar-refractivity contribution < 1.29 is 19.3 Å². The van der Waals surface area contributed by atoms with Gasteiger partial charge in [-0.05, 0) is 18.4 Å². The zero-order chi connectivity index (χ0) is 19.8. The molecule has 8 heteroatoms. The van der Waals surface area contributed by atoms with Gasteiger partial charge in [-0.3, -0.25) is 14.9 Å². The van der Waals surface area contributed by atoms with E-state index >= 15 is 0 Å². The summed E-state index contributed by atoms with van der Waals surface area (Å²) in [4.78, 5) is 37.6. The van der Waals surface area contributed by atoms with E-state index in [1.54, 1.807) is 31.3 Å². The number of carbonyl (C=O) groups is 3. The van der Waals surface area contributed by atoms with E-state index in [1.807, 2.05) is 36.6 Å². The minimum absolute atomic E-state index is 0.0362. The lowest BCUT2D eigenvalue weighted by Crippen LogP contribution is -3.11. The Balaban J connectivity index is 2.15. The van der Waals surface area contributed by atoms with Crippen molar-refractivity contribution in [3.8, 4) is 0 Å². The van der Waals surface area contributed by atoms with Gasteiger partial charge in [0.25, 0.3) is 11.8 Å². The van der Waals surface area contributed by atoms with Gasteiger partial charge in [-0.1, -0.05) is 42.5 Å². The van der Waals surface area contributed by atoms with Crippen molar-refractivity contribution in [1.29, 1.82) is 0 Å².